The van der Waals surface area contributed by atoms with Gasteiger partial charge in [-0.05, 0) is 37.2 Å². The van der Waals surface area contributed by atoms with E-state index in [9.17, 15) is 23.9 Å². The summed E-state index contributed by atoms with van der Waals surface area (Å²) in [4.78, 5) is 46.7. The van der Waals surface area contributed by atoms with E-state index in [4.69, 9.17) is 21.3 Å². The Morgan fingerprint density at radius 1 is 1.24 bits per heavy atom. The zero-order valence-corrected chi connectivity index (χ0v) is 29.0. The number of aliphatic carboxylic acids is 1. The Morgan fingerprint density at radius 2 is 1.89 bits per heavy atom. The molecule has 3 atom stereocenters. The van der Waals surface area contributed by atoms with Gasteiger partial charge < -0.3 is 20.1 Å². The van der Waals surface area contributed by atoms with E-state index >= 15 is 0 Å². The molecule has 0 saturated carbocycles. The lowest BCUT2D eigenvalue weighted by molar-refractivity contribution is -0.152. The fourth-order valence-corrected chi connectivity index (χ4v) is 5.71. The summed E-state index contributed by atoms with van der Waals surface area (Å²) in [5.41, 5.74) is 1.19. The van der Waals surface area contributed by atoms with Gasteiger partial charge in [0, 0.05) is 42.7 Å². The topological polar surface area (TPSA) is 112 Å². The van der Waals surface area contributed by atoms with Crippen LogP contribution in [0, 0.1) is 11.2 Å². The monoisotopic (exact) mass is 664 g/mol. The van der Waals surface area contributed by atoms with E-state index in [2.05, 4.69) is 39.6 Å². The Kier molecular flexibility index (Phi) is 14.3. The summed E-state index contributed by atoms with van der Waals surface area (Å²) < 4.78 is 19.9. The molecule has 1 fully saturated rings. The molecule has 2 aliphatic rings. The molecule has 1 saturated heterocycles. The highest BCUT2D eigenvalue weighted by Crippen LogP contribution is 2.38. The lowest BCUT2D eigenvalue weighted by Gasteiger charge is -2.46. The summed E-state index contributed by atoms with van der Waals surface area (Å²) >= 11 is 7.67. The fraction of sp³-hybridized carbons (Fsp3) is 0.515. The highest BCUT2D eigenvalue weighted by molar-refractivity contribution is 8.06. The van der Waals surface area contributed by atoms with Crippen LogP contribution in [0.5, 0.6) is 0 Å². The van der Waals surface area contributed by atoms with Crippen molar-refractivity contribution in [2.75, 3.05) is 26.2 Å². The number of esters is 1. The first-order valence-electron chi connectivity index (χ1n) is 15.0. The number of carboxylic acid groups (broad SMARTS) is 1. The fourth-order valence-electron chi connectivity index (χ4n) is 4.96. The minimum atomic E-state index is -1.08. The number of thioether (sulfide) groups is 1. The third kappa shape index (κ3) is 10.4. The molecule has 2 heterocycles. The first-order valence-corrected chi connectivity index (χ1v) is 16.2. The average molecular weight is 665 g/mol. The van der Waals surface area contributed by atoms with Crippen LogP contribution < -0.4 is 5.32 Å². The van der Waals surface area contributed by atoms with Gasteiger partial charge in [-0.1, -0.05) is 82.8 Å². The number of piperazine rings is 1. The second kappa shape index (κ2) is 17.0. The number of carboxylic acids is 1. The van der Waals surface area contributed by atoms with Crippen molar-refractivity contribution in [2.24, 2.45) is 10.4 Å². The Morgan fingerprint density at radius 3 is 2.42 bits per heavy atom. The van der Waals surface area contributed by atoms with Gasteiger partial charge in [-0.15, -0.1) is 0 Å². The molecular weight excluding hydrogens is 619 g/mol. The number of ether oxygens (including phenoxy) is 1. The van der Waals surface area contributed by atoms with Crippen LogP contribution in [0.2, 0.25) is 5.02 Å². The summed E-state index contributed by atoms with van der Waals surface area (Å²) in [5.74, 6) is -2.31. The normalized spacial score (nSPS) is 20.6. The molecule has 45 heavy (non-hydrogen) atoms. The molecule has 3 rings (SSSR count). The number of allylic oxidation sites excluding steroid dienone is 1. The molecule has 1 unspecified atom stereocenters. The van der Waals surface area contributed by atoms with Crippen LogP contribution in [-0.2, 0) is 19.1 Å². The number of hydrogen-bond acceptors (Lipinski definition) is 8. The van der Waals surface area contributed by atoms with Crippen molar-refractivity contribution in [1.82, 2.24) is 15.1 Å². The number of aliphatic imine (C=N–C) groups is 1. The van der Waals surface area contributed by atoms with Gasteiger partial charge in [0.05, 0.1) is 23.2 Å². The lowest BCUT2D eigenvalue weighted by atomic mass is 9.93. The summed E-state index contributed by atoms with van der Waals surface area (Å²) in [5, 5.41) is 15.0. The molecule has 1 aromatic carbocycles. The molecule has 1 amide bonds. The number of halogens is 2. The van der Waals surface area contributed by atoms with Crippen molar-refractivity contribution < 1.29 is 28.6 Å². The predicted molar refractivity (Wildman–Crippen MR) is 180 cm³/mol. The molecule has 1 aromatic rings. The van der Waals surface area contributed by atoms with Gasteiger partial charge in [0.15, 0.2) is 0 Å². The molecule has 2 N–H and O–H groups in total. The van der Waals surface area contributed by atoms with E-state index in [0.29, 0.717) is 34.8 Å². The molecule has 12 heteroatoms. The van der Waals surface area contributed by atoms with Crippen LogP contribution in [0.15, 0.2) is 57.4 Å². The predicted octanol–water partition coefficient (Wildman–Crippen LogP) is 6.57. The molecule has 0 aliphatic carbocycles. The molecule has 248 valence electrons. The average Bonchev–Trinajstić information content (AvgIpc) is 2.95. The number of amides is 1. The maximum atomic E-state index is 14.6. The molecule has 0 bridgehead atoms. The number of nitrogens with one attached hydrogen (secondary N) is 1. The summed E-state index contributed by atoms with van der Waals surface area (Å²) in [6, 6.07) is 1.64. The lowest BCUT2D eigenvalue weighted by Crippen LogP contribution is -2.64. The number of carbonyl (C=O) groups excluding carboxylic acids is 2. The van der Waals surface area contributed by atoms with Gasteiger partial charge in [-0.3, -0.25) is 19.5 Å². The molecule has 0 aromatic heterocycles. The maximum absolute atomic E-state index is 14.6. The number of rotatable bonds is 10. The molecule has 0 radical (unpaired) electrons. The van der Waals surface area contributed by atoms with Crippen LogP contribution in [0.25, 0.3) is 0 Å². The quantitative estimate of drug-likeness (QED) is 0.270. The number of benzene rings is 1. The number of amidine groups is 1. The van der Waals surface area contributed by atoms with Gasteiger partial charge in [-0.2, -0.15) is 0 Å². The Hall–Kier alpha value is -3.15. The Balaban J connectivity index is 0.00000130. The van der Waals surface area contributed by atoms with E-state index in [0.717, 1.165) is 0 Å². The zero-order chi connectivity index (χ0) is 34.1. The van der Waals surface area contributed by atoms with Crippen LogP contribution in [-0.4, -0.2) is 76.9 Å². The van der Waals surface area contributed by atoms with Crippen LogP contribution in [0.3, 0.4) is 0 Å². The second-order valence-electron chi connectivity index (χ2n) is 12.2. The van der Waals surface area contributed by atoms with Crippen molar-refractivity contribution in [3.05, 3.63) is 68.8 Å². The molecule has 2 aliphatic heterocycles. The van der Waals surface area contributed by atoms with Crippen molar-refractivity contribution in [3.8, 4) is 0 Å². The van der Waals surface area contributed by atoms with Gasteiger partial charge in [0.1, 0.15) is 23.7 Å². The minimum absolute atomic E-state index is 0.00260. The number of hydrogen-bond donors (Lipinski definition) is 2. The highest BCUT2D eigenvalue weighted by atomic mass is 35.5. The SMILES string of the molecule is C=C(S/C=C\C)C1=N[C@@H](c2cccc(F)c2Cl)C(C(=O)OCC)=C(CN2CCN(C(C)=O)[C@H](CC)C2C(=O)O)N1.CC(C)(C)C. The highest BCUT2D eigenvalue weighted by Gasteiger charge is 2.43. The van der Waals surface area contributed by atoms with Crippen molar-refractivity contribution in [2.45, 2.75) is 79.9 Å². The van der Waals surface area contributed by atoms with Crippen LogP contribution in [0.4, 0.5) is 4.39 Å². The summed E-state index contributed by atoms with van der Waals surface area (Å²) in [6.07, 6.45) is 2.26. The standard InChI is InChI=1S/C28H34ClFN4O5S.C5H12/c1-6-14-40-16(4)26-31-20(15-33-12-13-34(17(5)35)21(7-2)25(33)27(36)37)22(28(38)39-8-3)24(32-26)18-10-9-11-19(30)23(18)29;1-5(2,3)4/h6,9-11,14,21,24-25H,4,7-8,12-13,15H2,1-3,5H3,(H,31,32)(H,36,37);1-4H3/b14-6-;/t21-,24+,25?;/m1./s1. The van der Waals surface area contributed by atoms with Crippen molar-refractivity contribution in [3.63, 3.8) is 0 Å². The van der Waals surface area contributed by atoms with Gasteiger partial charge in [-0.25, -0.2) is 9.18 Å². The maximum Gasteiger partial charge on any atom is 0.338 e. The second-order valence-corrected chi connectivity index (χ2v) is 13.6. The summed E-state index contributed by atoms with van der Waals surface area (Å²) in [6.45, 7) is 20.3. The Bertz CT molecular complexity index is 1350. The van der Waals surface area contributed by atoms with E-state index < -0.39 is 35.9 Å². The van der Waals surface area contributed by atoms with Crippen LogP contribution >= 0.6 is 23.4 Å². The Labute approximate surface area is 275 Å². The zero-order valence-electron chi connectivity index (χ0n) is 27.4. The minimum Gasteiger partial charge on any atom is -0.480 e. The number of carbonyl (C=O) groups is 3. The van der Waals surface area contributed by atoms with Crippen molar-refractivity contribution >= 4 is 47.0 Å². The molecular formula is C33H46ClFN4O5S. The first kappa shape index (κ1) is 38.0. The molecule has 9 nitrogen and oxygen atoms in total. The molecule has 0 spiro atoms. The first-order chi connectivity index (χ1) is 21.0. The van der Waals surface area contributed by atoms with Gasteiger partial charge in [0.25, 0.3) is 0 Å². The third-order valence-electron chi connectivity index (χ3n) is 6.73. The van der Waals surface area contributed by atoms with Gasteiger partial charge >= 0.3 is 11.9 Å². The van der Waals surface area contributed by atoms with Crippen LogP contribution in [0.1, 0.15) is 73.4 Å². The largest absolute Gasteiger partial charge is 0.480 e. The third-order valence-corrected chi connectivity index (χ3v) is 8.02. The smallest absolute Gasteiger partial charge is 0.338 e. The van der Waals surface area contributed by atoms with Gasteiger partial charge in [0.2, 0.25) is 5.91 Å². The van der Waals surface area contributed by atoms with E-state index in [1.165, 1.54) is 30.8 Å². The van der Waals surface area contributed by atoms with E-state index in [1.807, 2.05) is 25.3 Å². The van der Waals surface area contributed by atoms with Crippen molar-refractivity contribution in [1.29, 1.82) is 0 Å². The summed E-state index contributed by atoms with van der Waals surface area (Å²) in [7, 11) is 0. The van der Waals surface area contributed by atoms with E-state index in [-0.39, 0.29) is 41.8 Å². The number of nitrogens with zero attached hydrogens (tertiary/aromatic N) is 3. The van der Waals surface area contributed by atoms with E-state index in [1.54, 1.807) is 22.8 Å².